The molecule has 0 aliphatic carbocycles. The van der Waals surface area contributed by atoms with Crippen molar-refractivity contribution in [2.24, 2.45) is 5.10 Å². The highest BCUT2D eigenvalue weighted by Crippen LogP contribution is 2.15. The number of quaternary nitrogens is 1. The number of hydrogen-bond acceptors (Lipinski definition) is 6. The molecule has 7 heteroatoms. The third-order valence-electron chi connectivity index (χ3n) is 2.98. The lowest BCUT2D eigenvalue weighted by Gasteiger charge is -2.42. The molecule has 1 fully saturated rings. The zero-order chi connectivity index (χ0) is 12.3. The normalized spacial score (nSPS) is 23.4. The van der Waals surface area contributed by atoms with Crippen molar-refractivity contribution in [2.45, 2.75) is 0 Å². The van der Waals surface area contributed by atoms with E-state index >= 15 is 0 Å². The van der Waals surface area contributed by atoms with E-state index in [1.165, 1.54) is 0 Å². The minimum atomic E-state index is 0.520. The van der Waals surface area contributed by atoms with Gasteiger partial charge in [-0.2, -0.15) is 4.59 Å². The Kier molecular flexibility index (Phi) is 3.39. The maximum Gasteiger partial charge on any atom is 0.243 e. The van der Waals surface area contributed by atoms with Gasteiger partial charge in [-0.3, -0.25) is 0 Å². The largest absolute Gasteiger partial charge is 0.481 e. The molecule has 2 heterocycles. The van der Waals surface area contributed by atoms with Crippen LogP contribution in [0, 0.1) is 0 Å². The molecular weight excluding hydrogens is 224 g/mol. The number of nitrogens with one attached hydrogen (secondary N) is 1. The average molecular weight is 243 g/mol. The van der Waals surface area contributed by atoms with Gasteiger partial charge in [0.25, 0.3) is 0 Å². The third kappa shape index (κ3) is 2.45. The maximum absolute atomic E-state index is 5.37. The van der Waals surface area contributed by atoms with Crippen LogP contribution < -0.4 is 5.43 Å². The molecule has 2 rings (SSSR count). The second-order valence-electron chi connectivity index (χ2n) is 4.15. The van der Waals surface area contributed by atoms with Crippen molar-refractivity contribution < 1.29 is 18.8 Å². The Labute approximate surface area is 101 Å². The molecule has 0 aromatic rings. The van der Waals surface area contributed by atoms with Gasteiger partial charge in [-0.1, -0.05) is 5.10 Å². The topological polar surface area (TPSA) is 55.3 Å². The molecule has 0 atom stereocenters. The van der Waals surface area contributed by atoms with Gasteiger partial charge in [-0.15, -0.1) is 0 Å². The van der Waals surface area contributed by atoms with Gasteiger partial charge in [0, 0.05) is 0 Å². The summed E-state index contributed by atoms with van der Waals surface area (Å²) in [6.07, 6.45) is 1.71. The van der Waals surface area contributed by atoms with E-state index in [2.05, 4.69) is 17.6 Å². The fraction of sp³-hybridized carbons (Fsp3) is 0.700. The summed E-state index contributed by atoms with van der Waals surface area (Å²) < 4.78 is 16.3. The minimum absolute atomic E-state index is 0.520. The standard InChI is InChI=1S/C10H19N4O3/c1-14(4-6-17-7-5-14)13-11-9(15-2)8-10(12-13)16-3/h8,11H,4-7H2,1-3H3/q+1. The molecule has 1 saturated heterocycles. The number of ether oxygens (including phenoxy) is 3. The lowest BCUT2D eigenvalue weighted by atomic mass is 10.4. The Hall–Kier alpha value is -1.47. The third-order valence-corrected chi connectivity index (χ3v) is 2.98. The van der Waals surface area contributed by atoms with Gasteiger partial charge in [-0.05, 0) is 5.23 Å². The molecule has 96 valence electrons. The van der Waals surface area contributed by atoms with Crippen LogP contribution in [0.1, 0.15) is 0 Å². The van der Waals surface area contributed by atoms with Crippen LogP contribution >= 0.6 is 0 Å². The number of morpholine rings is 1. The van der Waals surface area contributed by atoms with Gasteiger partial charge in [0.2, 0.25) is 11.8 Å². The molecule has 2 aliphatic rings. The Morgan fingerprint density at radius 1 is 1.35 bits per heavy atom. The molecule has 2 aliphatic heterocycles. The van der Waals surface area contributed by atoms with Gasteiger partial charge in [0.05, 0.1) is 40.6 Å². The average Bonchev–Trinajstić information content (AvgIpc) is 2.39. The number of hydrazine groups is 1. The second-order valence-corrected chi connectivity index (χ2v) is 4.15. The van der Waals surface area contributed by atoms with Crippen LogP contribution in [0.25, 0.3) is 0 Å². The molecule has 0 aromatic carbocycles. The zero-order valence-electron chi connectivity index (χ0n) is 10.5. The lowest BCUT2D eigenvalue weighted by Crippen LogP contribution is -2.65. The summed E-state index contributed by atoms with van der Waals surface area (Å²) in [5.74, 6) is 1.13. The summed E-state index contributed by atoms with van der Waals surface area (Å²) in [4.78, 5) is 0. The van der Waals surface area contributed by atoms with Crippen molar-refractivity contribution in [3.8, 4) is 0 Å². The van der Waals surface area contributed by atoms with Gasteiger partial charge < -0.3 is 14.2 Å². The Bertz CT molecular complexity index is 336. The van der Waals surface area contributed by atoms with Crippen molar-refractivity contribution in [3.05, 3.63) is 12.0 Å². The summed E-state index contributed by atoms with van der Waals surface area (Å²) >= 11 is 0. The van der Waals surface area contributed by atoms with E-state index in [1.54, 1.807) is 25.5 Å². The van der Waals surface area contributed by atoms with Crippen LogP contribution in [0.4, 0.5) is 0 Å². The molecular formula is C10H19N4O3+. The minimum Gasteiger partial charge on any atom is -0.481 e. The molecule has 17 heavy (non-hydrogen) atoms. The van der Waals surface area contributed by atoms with Crippen LogP contribution in [0.2, 0.25) is 0 Å². The van der Waals surface area contributed by atoms with Crippen LogP contribution in [-0.2, 0) is 14.2 Å². The van der Waals surface area contributed by atoms with E-state index in [9.17, 15) is 0 Å². The summed E-state index contributed by atoms with van der Waals surface area (Å²) in [5.41, 5.74) is 3.10. The molecule has 0 amide bonds. The first-order valence-electron chi connectivity index (χ1n) is 5.56. The summed E-state index contributed by atoms with van der Waals surface area (Å²) in [5, 5.41) is 6.12. The fourth-order valence-electron chi connectivity index (χ4n) is 1.75. The summed E-state index contributed by atoms with van der Waals surface area (Å²) in [6.45, 7) is 3.14. The highest BCUT2D eigenvalue weighted by molar-refractivity contribution is 5.88. The highest BCUT2D eigenvalue weighted by Gasteiger charge is 2.35. The van der Waals surface area contributed by atoms with Gasteiger partial charge in [-0.25, -0.2) is 5.43 Å². The van der Waals surface area contributed by atoms with Crippen molar-refractivity contribution in [1.82, 2.24) is 10.7 Å². The van der Waals surface area contributed by atoms with Gasteiger partial charge in [0.15, 0.2) is 0 Å². The first-order chi connectivity index (χ1) is 8.18. The predicted molar refractivity (Wildman–Crippen MR) is 61.2 cm³/mol. The lowest BCUT2D eigenvalue weighted by molar-refractivity contribution is -1.03. The van der Waals surface area contributed by atoms with E-state index in [-0.39, 0.29) is 0 Å². The number of likely N-dealkylation sites (N-methyl/N-ethyl adjacent to an activating group) is 1. The smallest absolute Gasteiger partial charge is 0.243 e. The van der Waals surface area contributed by atoms with Crippen LogP contribution in [-0.4, -0.2) is 63.3 Å². The van der Waals surface area contributed by atoms with Crippen molar-refractivity contribution in [3.63, 3.8) is 0 Å². The molecule has 0 spiro atoms. The Balaban J connectivity index is 2.16. The zero-order valence-corrected chi connectivity index (χ0v) is 10.5. The summed E-state index contributed by atoms with van der Waals surface area (Å²) in [7, 11) is 5.28. The predicted octanol–water partition coefficient (Wildman–Crippen LogP) is -0.354. The maximum atomic E-state index is 5.37. The number of hydrogen-bond donors (Lipinski definition) is 1. The summed E-state index contributed by atoms with van der Waals surface area (Å²) in [6, 6.07) is 0. The van der Waals surface area contributed by atoms with E-state index in [1.807, 2.05) is 0 Å². The van der Waals surface area contributed by atoms with E-state index in [0.717, 1.165) is 26.3 Å². The number of methoxy groups -OCH3 is 2. The van der Waals surface area contributed by atoms with Crippen LogP contribution in [0.5, 0.6) is 0 Å². The van der Waals surface area contributed by atoms with Crippen molar-refractivity contribution in [1.29, 1.82) is 0 Å². The fourth-order valence-corrected chi connectivity index (χ4v) is 1.75. The molecule has 0 aromatic heterocycles. The molecule has 0 saturated carbocycles. The van der Waals surface area contributed by atoms with Crippen LogP contribution in [0.15, 0.2) is 17.1 Å². The second kappa shape index (κ2) is 4.80. The highest BCUT2D eigenvalue weighted by atomic mass is 16.5. The first-order valence-corrected chi connectivity index (χ1v) is 5.56. The molecule has 1 N–H and O–H groups in total. The first kappa shape index (κ1) is 12.0. The number of rotatable bonds is 2. The molecule has 0 unspecified atom stereocenters. The quantitative estimate of drug-likeness (QED) is 0.672. The number of nitrogens with zero attached hydrogens (tertiary/aromatic N) is 3. The Morgan fingerprint density at radius 3 is 2.65 bits per heavy atom. The van der Waals surface area contributed by atoms with Crippen molar-refractivity contribution in [2.75, 3.05) is 47.6 Å². The molecule has 0 bridgehead atoms. The number of hydrazone groups is 1. The van der Waals surface area contributed by atoms with E-state index in [0.29, 0.717) is 16.4 Å². The van der Waals surface area contributed by atoms with Gasteiger partial charge in [0.1, 0.15) is 13.1 Å². The Morgan fingerprint density at radius 2 is 2.06 bits per heavy atom. The molecule has 0 radical (unpaired) electrons. The van der Waals surface area contributed by atoms with E-state index in [4.69, 9.17) is 14.2 Å². The van der Waals surface area contributed by atoms with Gasteiger partial charge >= 0.3 is 0 Å². The van der Waals surface area contributed by atoms with E-state index < -0.39 is 0 Å². The van der Waals surface area contributed by atoms with Crippen LogP contribution in [0.3, 0.4) is 0 Å². The SMILES string of the molecule is COC1=CC(OC)=NN([N+]2(C)CCOCC2)N1. The monoisotopic (exact) mass is 243 g/mol. The van der Waals surface area contributed by atoms with Crippen molar-refractivity contribution >= 4 is 5.90 Å². The molecule has 7 nitrogen and oxygen atoms in total.